The molecule has 0 amide bonds. The zero-order chi connectivity index (χ0) is 14.7. The molecule has 0 aromatic heterocycles. The van der Waals surface area contributed by atoms with Crippen molar-refractivity contribution in [3.05, 3.63) is 52.1 Å². The minimum Gasteiger partial charge on any atom is -0.504 e. The van der Waals surface area contributed by atoms with E-state index in [9.17, 15) is 20.3 Å². The standard InChI is InChI=1S/C13H11N3O4/c14-10-5-4-9(16(19)20)6-11(10)15-7-8-2-1-3-12(17)13(8)18/h1-7,17-18H,14H2. The average molecular weight is 273 g/mol. The van der Waals surface area contributed by atoms with Crippen LogP contribution in [0, 0.1) is 10.1 Å². The van der Waals surface area contributed by atoms with Crippen LogP contribution in [0.1, 0.15) is 5.56 Å². The van der Waals surface area contributed by atoms with Gasteiger partial charge in [-0.15, -0.1) is 0 Å². The van der Waals surface area contributed by atoms with Crippen molar-refractivity contribution in [1.82, 2.24) is 0 Å². The summed E-state index contributed by atoms with van der Waals surface area (Å²) in [6.45, 7) is 0. The molecule has 0 aliphatic heterocycles. The highest BCUT2D eigenvalue weighted by Gasteiger charge is 2.08. The molecular weight excluding hydrogens is 262 g/mol. The topological polar surface area (TPSA) is 122 Å². The van der Waals surface area contributed by atoms with Crippen molar-refractivity contribution in [2.75, 3.05) is 5.73 Å². The first-order chi connectivity index (χ1) is 9.49. The number of phenols is 2. The van der Waals surface area contributed by atoms with E-state index in [0.29, 0.717) is 0 Å². The monoisotopic (exact) mass is 273 g/mol. The summed E-state index contributed by atoms with van der Waals surface area (Å²) in [4.78, 5) is 14.1. The smallest absolute Gasteiger partial charge is 0.271 e. The summed E-state index contributed by atoms with van der Waals surface area (Å²) in [5.41, 5.74) is 6.29. The number of nitro benzene ring substituents is 1. The maximum atomic E-state index is 10.7. The quantitative estimate of drug-likeness (QED) is 0.260. The lowest BCUT2D eigenvalue weighted by atomic mass is 10.2. The number of hydrogen-bond donors (Lipinski definition) is 3. The van der Waals surface area contributed by atoms with Gasteiger partial charge in [-0.2, -0.15) is 0 Å². The van der Waals surface area contributed by atoms with E-state index >= 15 is 0 Å². The van der Waals surface area contributed by atoms with Gasteiger partial charge < -0.3 is 15.9 Å². The van der Waals surface area contributed by atoms with Crippen LogP contribution in [-0.2, 0) is 0 Å². The maximum Gasteiger partial charge on any atom is 0.271 e. The summed E-state index contributed by atoms with van der Waals surface area (Å²) < 4.78 is 0. The van der Waals surface area contributed by atoms with E-state index in [-0.39, 0.29) is 34.1 Å². The van der Waals surface area contributed by atoms with Crippen LogP contribution in [0.3, 0.4) is 0 Å². The second kappa shape index (κ2) is 5.27. The number of para-hydroxylation sites is 1. The van der Waals surface area contributed by atoms with Gasteiger partial charge >= 0.3 is 0 Å². The third-order valence-corrected chi connectivity index (χ3v) is 2.61. The van der Waals surface area contributed by atoms with E-state index in [0.717, 1.165) is 0 Å². The number of nitrogens with two attached hydrogens (primary N) is 1. The molecule has 2 aromatic rings. The molecule has 0 heterocycles. The molecule has 4 N–H and O–H groups in total. The van der Waals surface area contributed by atoms with Crippen LogP contribution in [-0.4, -0.2) is 21.4 Å². The van der Waals surface area contributed by atoms with Gasteiger partial charge in [0, 0.05) is 23.9 Å². The first-order valence-corrected chi connectivity index (χ1v) is 5.58. The van der Waals surface area contributed by atoms with Gasteiger partial charge in [0.05, 0.1) is 16.3 Å². The molecule has 20 heavy (non-hydrogen) atoms. The summed E-state index contributed by atoms with van der Waals surface area (Å²) >= 11 is 0. The molecule has 0 radical (unpaired) electrons. The Kier molecular flexibility index (Phi) is 3.52. The van der Waals surface area contributed by atoms with Crippen molar-refractivity contribution in [2.24, 2.45) is 4.99 Å². The van der Waals surface area contributed by atoms with Crippen molar-refractivity contribution in [3.8, 4) is 11.5 Å². The Labute approximate surface area is 113 Å². The largest absolute Gasteiger partial charge is 0.504 e. The molecule has 0 aliphatic carbocycles. The zero-order valence-corrected chi connectivity index (χ0v) is 10.2. The van der Waals surface area contributed by atoms with Crippen LogP contribution >= 0.6 is 0 Å². The Morgan fingerprint density at radius 2 is 2.00 bits per heavy atom. The predicted octanol–water partition coefficient (Wildman–Crippen LogP) is 2.34. The van der Waals surface area contributed by atoms with Crippen molar-refractivity contribution in [2.45, 2.75) is 0 Å². The zero-order valence-electron chi connectivity index (χ0n) is 10.2. The minimum absolute atomic E-state index is 0.133. The first kappa shape index (κ1) is 13.3. The van der Waals surface area contributed by atoms with E-state index in [1.54, 1.807) is 0 Å². The molecule has 0 unspecified atom stereocenters. The first-order valence-electron chi connectivity index (χ1n) is 5.58. The lowest BCUT2D eigenvalue weighted by molar-refractivity contribution is -0.384. The van der Waals surface area contributed by atoms with Crippen LogP contribution in [0.4, 0.5) is 17.1 Å². The van der Waals surface area contributed by atoms with Crippen molar-refractivity contribution in [3.63, 3.8) is 0 Å². The van der Waals surface area contributed by atoms with E-state index < -0.39 is 4.92 Å². The number of non-ortho nitro benzene ring substituents is 1. The molecule has 0 saturated carbocycles. The van der Waals surface area contributed by atoms with Crippen molar-refractivity contribution < 1.29 is 15.1 Å². The molecule has 7 heteroatoms. The van der Waals surface area contributed by atoms with E-state index in [4.69, 9.17) is 5.73 Å². The van der Waals surface area contributed by atoms with Crippen molar-refractivity contribution >= 4 is 23.3 Å². The van der Waals surface area contributed by atoms with E-state index in [2.05, 4.69) is 4.99 Å². The fourth-order valence-corrected chi connectivity index (χ4v) is 1.55. The third kappa shape index (κ3) is 2.66. The number of nitrogens with zero attached hydrogens (tertiary/aromatic N) is 2. The van der Waals surface area contributed by atoms with Gasteiger partial charge in [-0.05, 0) is 18.2 Å². The number of hydrogen-bond acceptors (Lipinski definition) is 6. The summed E-state index contributed by atoms with van der Waals surface area (Å²) in [7, 11) is 0. The molecular formula is C13H11N3O4. The van der Waals surface area contributed by atoms with Crippen LogP contribution in [0.5, 0.6) is 11.5 Å². The van der Waals surface area contributed by atoms with E-state index in [1.165, 1.54) is 42.6 Å². The van der Waals surface area contributed by atoms with Gasteiger partial charge in [0.2, 0.25) is 0 Å². The Morgan fingerprint density at radius 1 is 1.25 bits per heavy atom. The highest BCUT2D eigenvalue weighted by Crippen LogP contribution is 2.29. The molecule has 0 fully saturated rings. The normalized spacial score (nSPS) is 10.8. The molecule has 2 rings (SSSR count). The molecule has 2 aromatic carbocycles. The summed E-state index contributed by atoms with van der Waals surface area (Å²) in [5.74, 6) is -0.596. The minimum atomic E-state index is -0.551. The number of benzene rings is 2. The molecule has 0 aliphatic rings. The van der Waals surface area contributed by atoms with Crippen molar-refractivity contribution in [1.29, 1.82) is 0 Å². The fraction of sp³-hybridized carbons (Fsp3) is 0. The van der Waals surface area contributed by atoms with E-state index in [1.807, 2.05) is 0 Å². The van der Waals surface area contributed by atoms with Gasteiger partial charge in [0.15, 0.2) is 11.5 Å². The highest BCUT2D eigenvalue weighted by molar-refractivity contribution is 5.88. The van der Waals surface area contributed by atoms with Crippen LogP contribution in [0.25, 0.3) is 0 Å². The maximum absolute atomic E-state index is 10.7. The Morgan fingerprint density at radius 3 is 2.70 bits per heavy atom. The number of anilines is 1. The number of aliphatic imine (C=N–C) groups is 1. The Hall–Kier alpha value is -3.09. The second-order valence-electron chi connectivity index (χ2n) is 3.97. The average Bonchev–Trinajstić information content (AvgIpc) is 2.41. The highest BCUT2D eigenvalue weighted by atomic mass is 16.6. The third-order valence-electron chi connectivity index (χ3n) is 2.61. The van der Waals surface area contributed by atoms with Gasteiger partial charge in [0.25, 0.3) is 5.69 Å². The molecule has 7 nitrogen and oxygen atoms in total. The SMILES string of the molecule is Nc1ccc([N+](=O)[O-])cc1N=Cc1cccc(O)c1O. The number of phenolic OH excluding ortho intramolecular Hbond substituents is 2. The summed E-state index contributed by atoms with van der Waals surface area (Å²) in [5, 5.41) is 29.6. The molecule has 0 bridgehead atoms. The summed E-state index contributed by atoms with van der Waals surface area (Å²) in [6, 6.07) is 8.28. The lowest BCUT2D eigenvalue weighted by Crippen LogP contribution is -1.91. The summed E-state index contributed by atoms with van der Waals surface area (Å²) in [6.07, 6.45) is 1.27. The Balaban J connectivity index is 2.38. The molecule has 102 valence electrons. The fourth-order valence-electron chi connectivity index (χ4n) is 1.55. The molecule has 0 spiro atoms. The predicted molar refractivity (Wildman–Crippen MR) is 74.5 cm³/mol. The molecule has 0 saturated heterocycles. The lowest BCUT2D eigenvalue weighted by Gasteiger charge is -2.02. The van der Waals surface area contributed by atoms with Gasteiger partial charge in [-0.25, -0.2) is 0 Å². The van der Waals surface area contributed by atoms with Gasteiger partial charge in [0.1, 0.15) is 0 Å². The number of nitro groups is 1. The van der Waals surface area contributed by atoms with Crippen LogP contribution in [0.15, 0.2) is 41.4 Å². The van der Waals surface area contributed by atoms with Crippen LogP contribution < -0.4 is 5.73 Å². The number of rotatable bonds is 3. The number of aromatic hydroxyl groups is 2. The molecule has 0 atom stereocenters. The number of nitrogen functional groups attached to an aromatic ring is 1. The van der Waals surface area contributed by atoms with Gasteiger partial charge in [-0.1, -0.05) is 6.07 Å². The van der Waals surface area contributed by atoms with Gasteiger partial charge in [-0.3, -0.25) is 15.1 Å². The second-order valence-corrected chi connectivity index (χ2v) is 3.97. The van der Waals surface area contributed by atoms with Crippen LogP contribution in [0.2, 0.25) is 0 Å². The Bertz CT molecular complexity index is 698.